The molecule has 1 aliphatic heterocycles. The number of H-pyrrole nitrogens is 1. The number of amides is 2. The van der Waals surface area contributed by atoms with E-state index in [0.717, 1.165) is 31.9 Å². The first kappa shape index (κ1) is 15.8. The van der Waals surface area contributed by atoms with Gasteiger partial charge in [0.15, 0.2) is 0 Å². The normalized spacial score (nSPS) is 19.7. The van der Waals surface area contributed by atoms with Crippen LogP contribution >= 0.6 is 0 Å². The molecule has 0 unspecified atom stereocenters. The lowest BCUT2D eigenvalue weighted by Gasteiger charge is -2.33. The quantitative estimate of drug-likeness (QED) is 0.716. The maximum Gasteiger partial charge on any atom is 0.315 e. The van der Waals surface area contributed by atoms with Crippen LogP contribution in [0.15, 0.2) is 12.3 Å². The maximum atomic E-state index is 11.7. The lowest BCUT2D eigenvalue weighted by Crippen LogP contribution is -2.49. The summed E-state index contributed by atoms with van der Waals surface area (Å²) < 4.78 is 5.69. The van der Waals surface area contributed by atoms with Gasteiger partial charge in [0.05, 0.1) is 24.9 Å². The maximum absolute atomic E-state index is 11.7. The van der Waals surface area contributed by atoms with Crippen molar-refractivity contribution in [3.8, 4) is 0 Å². The average molecular weight is 295 g/mol. The summed E-state index contributed by atoms with van der Waals surface area (Å²) in [5, 5.41) is 12.3. The number of hydrogen-bond donors (Lipinski definition) is 3. The van der Waals surface area contributed by atoms with E-state index >= 15 is 0 Å². The number of ether oxygens (including phenoxy) is 1. The Kier molecular flexibility index (Phi) is 6.01. The van der Waals surface area contributed by atoms with Gasteiger partial charge in [0.25, 0.3) is 0 Å². The van der Waals surface area contributed by atoms with E-state index in [1.165, 1.54) is 0 Å². The molecule has 2 rings (SSSR count). The lowest BCUT2D eigenvalue weighted by molar-refractivity contribution is -0.0290. The fourth-order valence-corrected chi connectivity index (χ4v) is 2.41. The zero-order valence-corrected chi connectivity index (χ0v) is 12.8. The average Bonchev–Trinajstić information content (AvgIpc) is 2.96. The van der Waals surface area contributed by atoms with Gasteiger partial charge in [-0.1, -0.05) is 13.8 Å². The summed E-state index contributed by atoms with van der Waals surface area (Å²) in [6.07, 6.45) is 1.73. The fourth-order valence-electron chi connectivity index (χ4n) is 2.41. The SMILES string of the molecule is CC(C)CN1CCO[C@@H](CNC(=O)NCc2ccn[nH]2)C1. The smallest absolute Gasteiger partial charge is 0.315 e. The Hall–Kier alpha value is -1.60. The highest BCUT2D eigenvalue weighted by Gasteiger charge is 2.21. The van der Waals surface area contributed by atoms with Crippen LogP contribution in [0.25, 0.3) is 0 Å². The molecule has 1 aromatic heterocycles. The molecule has 1 aliphatic rings. The summed E-state index contributed by atoms with van der Waals surface area (Å²) >= 11 is 0. The van der Waals surface area contributed by atoms with Crippen LogP contribution < -0.4 is 10.6 Å². The summed E-state index contributed by atoms with van der Waals surface area (Å²) in [7, 11) is 0. The highest BCUT2D eigenvalue weighted by Crippen LogP contribution is 2.07. The number of carbonyl (C=O) groups is 1. The first-order chi connectivity index (χ1) is 10.1. The molecule has 0 saturated carbocycles. The zero-order valence-electron chi connectivity index (χ0n) is 12.8. The standard InChI is InChI=1S/C14H25N5O2/c1-11(2)9-19-5-6-21-13(10-19)8-16-14(20)15-7-12-3-4-17-18-12/h3-4,11,13H,5-10H2,1-2H3,(H,17,18)(H2,15,16,20)/t13-/m0/s1. The molecule has 0 radical (unpaired) electrons. The second-order valence-corrected chi connectivity index (χ2v) is 5.79. The molecular formula is C14H25N5O2. The van der Waals surface area contributed by atoms with Crippen LogP contribution in [0.1, 0.15) is 19.5 Å². The van der Waals surface area contributed by atoms with Gasteiger partial charge in [0, 0.05) is 32.4 Å². The van der Waals surface area contributed by atoms with E-state index in [1.807, 2.05) is 6.07 Å². The fraction of sp³-hybridized carbons (Fsp3) is 0.714. The predicted octanol–water partition coefficient (Wildman–Crippen LogP) is 0.566. The van der Waals surface area contributed by atoms with Gasteiger partial charge in [-0.15, -0.1) is 0 Å². The Morgan fingerprint density at radius 1 is 1.57 bits per heavy atom. The molecule has 1 fully saturated rings. The molecule has 0 bridgehead atoms. The van der Waals surface area contributed by atoms with Crippen molar-refractivity contribution >= 4 is 6.03 Å². The monoisotopic (exact) mass is 295 g/mol. The number of urea groups is 1. The van der Waals surface area contributed by atoms with Gasteiger partial charge in [0.2, 0.25) is 0 Å². The Labute approximate surface area is 125 Å². The number of aromatic nitrogens is 2. The van der Waals surface area contributed by atoms with Crippen LogP contribution in [0.5, 0.6) is 0 Å². The molecule has 1 aromatic rings. The third-order valence-electron chi connectivity index (χ3n) is 3.33. The zero-order chi connectivity index (χ0) is 15.1. The summed E-state index contributed by atoms with van der Waals surface area (Å²) in [4.78, 5) is 14.1. The minimum atomic E-state index is -0.186. The van der Waals surface area contributed by atoms with E-state index in [9.17, 15) is 4.79 Å². The Morgan fingerprint density at radius 3 is 3.14 bits per heavy atom. The summed E-state index contributed by atoms with van der Waals surface area (Å²) in [6.45, 7) is 9.05. The van der Waals surface area contributed by atoms with Crippen LogP contribution in [0.3, 0.4) is 0 Å². The van der Waals surface area contributed by atoms with Crippen LogP contribution in [-0.4, -0.2) is 60.0 Å². The molecule has 21 heavy (non-hydrogen) atoms. The van der Waals surface area contributed by atoms with Gasteiger partial charge in [0.1, 0.15) is 0 Å². The third kappa shape index (κ3) is 5.73. The van der Waals surface area contributed by atoms with Crippen LogP contribution in [0, 0.1) is 5.92 Å². The summed E-state index contributed by atoms with van der Waals surface area (Å²) in [6, 6.07) is 1.64. The lowest BCUT2D eigenvalue weighted by atomic mass is 10.2. The van der Waals surface area contributed by atoms with Crippen molar-refractivity contribution in [3.63, 3.8) is 0 Å². The van der Waals surface area contributed by atoms with Crippen molar-refractivity contribution in [1.29, 1.82) is 0 Å². The number of carbonyl (C=O) groups excluding carboxylic acids is 1. The number of aromatic amines is 1. The second kappa shape index (κ2) is 7.99. The molecule has 0 aliphatic carbocycles. The van der Waals surface area contributed by atoms with Gasteiger partial charge in [-0.25, -0.2) is 4.79 Å². The summed E-state index contributed by atoms with van der Waals surface area (Å²) in [5.74, 6) is 0.648. The first-order valence-electron chi connectivity index (χ1n) is 7.47. The minimum Gasteiger partial charge on any atom is -0.374 e. The Morgan fingerprint density at radius 2 is 2.43 bits per heavy atom. The van der Waals surface area contributed by atoms with E-state index in [1.54, 1.807) is 6.20 Å². The van der Waals surface area contributed by atoms with Crippen LogP contribution in [0.2, 0.25) is 0 Å². The molecule has 118 valence electrons. The number of hydrogen-bond acceptors (Lipinski definition) is 4. The minimum absolute atomic E-state index is 0.0652. The van der Waals surface area contributed by atoms with Crippen molar-refractivity contribution in [2.24, 2.45) is 5.92 Å². The van der Waals surface area contributed by atoms with Crippen LogP contribution in [-0.2, 0) is 11.3 Å². The topological polar surface area (TPSA) is 82.3 Å². The largest absolute Gasteiger partial charge is 0.374 e. The Balaban J connectivity index is 1.63. The third-order valence-corrected chi connectivity index (χ3v) is 3.33. The molecule has 7 nitrogen and oxygen atoms in total. The van der Waals surface area contributed by atoms with E-state index in [-0.39, 0.29) is 12.1 Å². The van der Waals surface area contributed by atoms with Gasteiger partial charge >= 0.3 is 6.03 Å². The van der Waals surface area contributed by atoms with E-state index in [2.05, 4.69) is 39.6 Å². The number of nitrogens with one attached hydrogen (secondary N) is 3. The number of morpholine rings is 1. The van der Waals surface area contributed by atoms with Crippen molar-refractivity contribution < 1.29 is 9.53 Å². The summed E-state index contributed by atoms with van der Waals surface area (Å²) in [5.41, 5.74) is 0.877. The molecule has 0 aromatic carbocycles. The Bertz CT molecular complexity index is 421. The second-order valence-electron chi connectivity index (χ2n) is 5.79. The molecule has 2 heterocycles. The molecule has 7 heteroatoms. The molecule has 0 spiro atoms. The molecule has 3 N–H and O–H groups in total. The van der Waals surface area contributed by atoms with E-state index in [0.29, 0.717) is 19.0 Å². The van der Waals surface area contributed by atoms with E-state index < -0.39 is 0 Å². The van der Waals surface area contributed by atoms with Gasteiger partial charge in [-0.3, -0.25) is 10.00 Å². The van der Waals surface area contributed by atoms with E-state index in [4.69, 9.17) is 4.74 Å². The van der Waals surface area contributed by atoms with Crippen molar-refractivity contribution in [2.75, 3.05) is 32.8 Å². The van der Waals surface area contributed by atoms with Gasteiger partial charge in [-0.2, -0.15) is 5.10 Å². The molecule has 1 atom stereocenters. The molecule has 1 saturated heterocycles. The predicted molar refractivity (Wildman–Crippen MR) is 79.8 cm³/mol. The van der Waals surface area contributed by atoms with Gasteiger partial charge in [-0.05, 0) is 12.0 Å². The highest BCUT2D eigenvalue weighted by atomic mass is 16.5. The first-order valence-corrected chi connectivity index (χ1v) is 7.47. The number of nitrogens with zero attached hydrogens (tertiary/aromatic N) is 2. The van der Waals surface area contributed by atoms with Crippen molar-refractivity contribution in [2.45, 2.75) is 26.5 Å². The van der Waals surface area contributed by atoms with Crippen LogP contribution in [0.4, 0.5) is 4.79 Å². The number of rotatable bonds is 6. The van der Waals surface area contributed by atoms with Gasteiger partial charge < -0.3 is 15.4 Å². The molecular weight excluding hydrogens is 270 g/mol. The molecule has 2 amide bonds. The van der Waals surface area contributed by atoms with Crippen molar-refractivity contribution in [3.05, 3.63) is 18.0 Å². The van der Waals surface area contributed by atoms with Crippen molar-refractivity contribution in [1.82, 2.24) is 25.7 Å². The highest BCUT2D eigenvalue weighted by molar-refractivity contribution is 5.73.